The fourth-order valence-electron chi connectivity index (χ4n) is 2.57. The first-order valence-corrected chi connectivity index (χ1v) is 8.82. The molecule has 0 spiro atoms. The summed E-state index contributed by atoms with van der Waals surface area (Å²) in [5.41, 5.74) is 3.50. The molecule has 0 saturated carbocycles. The zero-order chi connectivity index (χ0) is 18.5. The van der Waals surface area contributed by atoms with E-state index in [0.29, 0.717) is 23.6 Å². The minimum Gasteiger partial charge on any atom is -0.398 e. The molecule has 3 rings (SSSR count). The van der Waals surface area contributed by atoms with Crippen LogP contribution in [-0.2, 0) is 11.2 Å². The molecule has 7 heteroatoms. The molecule has 0 saturated heterocycles. The third-order valence-electron chi connectivity index (χ3n) is 3.79. The predicted octanol–water partition coefficient (Wildman–Crippen LogP) is 3.80. The molecule has 0 atom stereocenters. The summed E-state index contributed by atoms with van der Waals surface area (Å²) in [7, 11) is 1.74. The van der Waals surface area contributed by atoms with Crippen LogP contribution in [0.1, 0.15) is 12.5 Å². The second-order valence-corrected chi connectivity index (χ2v) is 6.19. The second-order valence-electron chi connectivity index (χ2n) is 5.66. The van der Waals surface area contributed by atoms with E-state index in [-0.39, 0.29) is 5.56 Å². The maximum absolute atomic E-state index is 12.9. The van der Waals surface area contributed by atoms with E-state index < -0.39 is 0 Å². The van der Waals surface area contributed by atoms with Crippen molar-refractivity contribution in [3.8, 4) is 28.3 Å². The van der Waals surface area contributed by atoms with Crippen molar-refractivity contribution in [1.29, 1.82) is 0 Å². The van der Waals surface area contributed by atoms with Crippen molar-refractivity contribution < 1.29 is 8.37 Å². The smallest absolute Gasteiger partial charge is 0.260 e. The van der Waals surface area contributed by atoms with Crippen LogP contribution in [0.3, 0.4) is 0 Å². The van der Waals surface area contributed by atoms with Gasteiger partial charge in [0.1, 0.15) is 5.69 Å². The van der Waals surface area contributed by atoms with Gasteiger partial charge in [0.15, 0.2) is 5.75 Å². The molecule has 0 fully saturated rings. The van der Waals surface area contributed by atoms with E-state index in [2.05, 4.69) is 9.97 Å². The lowest BCUT2D eigenvalue weighted by Crippen LogP contribution is -2.20. The average molecular weight is 369 g/mol. The minimum atomic E-state index is -0.158. The molecule has 0 aliphatic heterocycles. The van der Waals surface area contributed by atoms with Crippen LogP contribution in [-0.4, -0.2) is 21.1 Å². The summed E-state index contributed by atoms with van der Waals surface area (Å²) in [6, 6.07) is 9.16. The van der Waals surface area contributed by atoms with Crippen LogP contribution in [0.2, 0.25) is 0 Å². The van der Waals surface area contributed by atoms with Gasteiger partial charge in [0.2, 0.25) is 12.3 Å². The first-order chi connectivity index (χ1) is 12.6. The molecule has 3 heterocycles. The van der Waals surface area contributed by atoms with Gasteiger partial charge in [-0.15, -0.1) is 0 Å². The minimum absolute atomic E-state index is 0.158. The summed E-state index contributed by atoms with van der Waals surface area (Å²) in [6.07, 6.45) is 5.16. The molecule has 0 unspecified atom stereocenters. The number of hydrogen-bond donors (Lipinski definition) is 0. The van der Waals surface area contributed by atoms with Crippen molar-refractivity contribution in [2.75, 3.05) is 6.61 Å². The number of rotatable bonds is 6. The Balaban J connectivity index is 2.03. The van der Waals surface area contributed by atoms with Crippen LogP contribution in [0.15, 0.2) is 53.7 Å². The molecule has 0 radical (unpaired) electrons. The quantitative estimate of drug-likeness (QED) is 0.486. The van der Waals surface area contributed by atoms with E-state index in [4.69, 9.17) is 8.37 Å². The van der Waals surface area contributed by atoms with Crippen LogP contribution in [0.4, 0.5) is 0 Å². The van der Waals surface area contributed by atoms with Gasteiger partial charge in [-0.2, -0.15) is 0 Å². The Kier molecular flexibility index (Phi) is 5.70. The van der Waals surface area contributed by atoms with E-state index in [1.165, 1.54) is 0 Å². The SMILES string of the molecule is CCOSOc1cccnc1-c1ccc(-c2cncc(C)c2)n(C)c1=O. The van der Waals surface area contributed by atoms with E-state index in [0.717, 1.165) is 29.1 Å². The largest absolute Gasteiger partial charge is 0.398 e. The van der Waals surface area contributed by atoms with Gasteiger partial charge >= 0.3 is 0 Å². The van der Waals surface area contributed by atoms with Gasteiger partial charge in [-0.25, -0.2) is 0 Å². The van der Waals surface area contributed by atoms with Crippen molar-refractivity contribution >= 4 is 12.3 Å². The molecular formula is C19H19N3O3S. The molecular weight excluding hydrogens is 350 g/mol. The number of pyridine rings is 3. The molecule has 0 aromatic carbocycles. The zero-order valence-corrected chi connectivity index (χ0v) is 15.6. The number of aromatic nitrogens is 3. The van der Waals surface area contributed by atoms with Gasteiger partial charge in [0, 0.05) is 31.2 Å². The molecule has 0 aliphatic carbocycles. The molecule has 3 aromatic rings. The molecule has 6 nitrogen and oxygen atoms in total. The number of hydrogen-bond acceptors (Lipinski definition) is 6. The molecule has 0 amide bonds. The predicted molar refractivity (Wildman–Crippen MR) is 103 cm³/mol. The second kappa shape index (κ2) is 8.16. The van der Waals surface area contributed by atoms with Gasteiger partial charge < -0.3 is 8.75 Å². The maximum atomic E-state index is 12.9. The number of nitrogens with zero attached hydrogens (tertiary/aromatic N) is 3. The van der Waals surface area contributed by atoms with Gasteiger partial charge in [-0.1, -0.05) is 0 Å². The van der Waals surface area contributed by atoms with Crippen molar-refractivity contribution in [2.45, 2.75) is 13.8 Å². The Bertz CT molecular complexity index is 972. The van der Waals surface area contributed by atoms with Gasteiger partial charge in [0.25, 0.3) is 5.56 Å². The van der Waals surface area contributed by atoms with Crippen LogP contribution in [0.5, 0.6) is 5.75 Å². The highest BCUT2D eigenvalue weighted by atomic mass is 32.2. The third-order valence-corrected chi connectivity index (χ3v) is 4.37. The summed E-state index contributed by atoms with van der Waals surface area (Å²) < 4.78 is 12.3. The van der Waals surface area contributed by atoms with Crippen LogP contribution >= 0.6 is 12.3 Å². The van der Waals surface area contributed by atoms with Crippen molar-refractivity contribution in [1.82, 2.24) is 14.5 Å². The summed E-state index contributed by atoms with van der Waals surface area (Å²) in [5.74, 6) is 0.480. The molecule has 26 heavy (non-hydrogen) atoms. The standard InChI is InChI=1S/C19H19N3O3S/c1-4-24-26-25-17-6-5-9-21-18(17)15-7-8-16(22(3)19(15)23)14-10-13(2)11-20-12-14/h5-12H,4H2,1-3H3. The van der Waals surface area contributed by atoms with Crippen molar-refractivity contribution in [3.63, 3.8) is 0 Å². The third kappa shape index (κ3) is 3.79. The molecule has 134 valence electrons. The lowest BCUT2D eigenvalue weighted by molar-refractivity contribution is 0.369. The fraction of sp³-hybridized carbons (Fsp3) is 0.211. The Hall–Kier alpha value is -2.64. The van der Waals surface area contributed by atoms with Crippen LogP contribution < -0.4 is 9.74 Å². The van der Waals surface area contributed by atoms with Crippen molar-refractivity contribution in [2.24, 2.45) is 7.05 Å². The molecule has 0 bridgehead atoms. The fourth-order valence-corrected chi connectivity index (χ4v) is 2.92. The average Bonchev–Trinajstić information content (AvgIpc) is 2.65. The zero-order valence-electron chi connectivity index (χ0n) is 14.8. The highest BCUT2D eigenvalue weighted by Crippen LogP contribution is 2.29. The van der Waals surface area contributed by atoms with E-state index in [9.17, 15) is 4.79 Å². The first-order valence-electron chi connectivity index (χ1n) is 8.15. The Morgan fingerprint density at radius 3 is 2.85 bits per heavy atom. The summed E-state index contributed by atoms with van der Waals surface area (Å²) in [5, 5.41) is 0. The molecule has 0 aliphatic rings. The monoisotopic (exact) mass is 369 g/mol. The highest BCUT2D eigenvalue weighted by molar-refractivity contribution is 7.90. The van der Waals surface area contributed by atoms with Gasteiger partial charge in [-0.3, -0.25) is 18.9 Å². The lowest BCUT2D eigenvalue weighted by Gasteiger charge is -2.12. The summed E-state index contributed by atoms with van der Waals surface area (Å²) in [4.78, 5) is 21.5. The van der Waals surface area contributed by atoms with Crippen molar-refractivity contribution in [3.05, 3.63) is 64.8 Å². The van der Waals surface area contributed by atoms with E-state index in [1.54, 1.807) is 48.4 Å². The van der Waals surface area contributed by atoms with Crippen LogP contribution in [0.25, 0.3) is 22.5 Å². The van der Waals surface area contributed by atoms with Gasteiger partial charge in [0.05, 0.1) is 17.9 Å². The summed E-state index contributed by atoms with van der Waals surface area (Å²) >= 11 is 0.870. The normalized spacial score (nSPS) is 10.7. The maximum Gasteiger partial charge on any atom is 0.260 e. The topological polar surface area (TPSA) is 66.2 Å². The molecule has 3 aromatic heterocycles. The number of aryl methyl sites for hydroxylation is 1. The first kappa shape index (κ1) is 18.2. The Morgan fingerprint density at radius 1 is 1.23 bits per heavy atom. The van der Waals surface area contributed by atoms with E-state index >= 15 is 0 Å². The Labute approximate surface area is 156 Å². The highest BCUT2D eigenvalue weighted by Gasteiger charge is 2.15. The van der Waals surface area contributed by atoms with Crippen LogP contribution in [0, 0.1) is 6.92 Å². The summed E-state index contributed by atoms with van der Waals surface area (Å²) in [6.45, 7) is 4.35. The van der Waals surface area contributed by atoms with E-state index in [1.807, 2.05) is 26.0 Å². The van der Waals surface area contributed by atoms with Gasteiger partial charge in [-0.05, 0) is 49.7 Å². The lowest BCUT2D eigenvalue weighted by atomic mass is 10.1. The Morgan fingerprint density at radius 2 is 2.08 bits per heavy atom. The molecule has 0 N–H and O–H groups in total.